The molecule has 1 atom stereocenters. The van der Waals surface area contributed by atoms with E-state index in [2.05, 4.69) is 72.6 Å². The molecule has 1 heterocycles. The van der Waals surface area contributed by atoms with Crippen molar-refractivity contribution < 1.29 is 0 Å². The summed E-state index contributed by atoms with van der Waals surface area (Å²) in [5.41, 5.74) is 5.19. The molecule has 1 N–H and O–H groups in total. The van der Waals surface area contributed by atoms with Crippen LogP contribution in [-0.2, 0) is 6.42 Å². The highest BCUT2D eigenvalue weighted by molar-refractivity contribution is 7.80. The highest BCUT2D eigenvalue weighted by atomic mass is 32.1. The Labute approximate surface area is 144 Å². The van der Waals surface area contributed by atoms with Gasteiger partial charge in [-0.2, -0.15) is 0 Å². The second-order valence-corrected chi connectivity index (χ2v) is 6.67. The number of benzene rings is 2. The summed E-state index contributed by atoms with van der Waals surface area (Å²) in [5, 5.41) is 4.29. The highest BCUT2D eigenvalue weighted by Gasteiger charge is 2.25. The normalized spacial score (nSPS) is 17.3. The third kappa shape index (κ3) is 3.73. The first-order valence-electron chi connectivity index (χ1n) is 8.37. The van der Waals surface area contributed by atoms with Gasteiger partial charge in [-0.1, -0.05) is 55.0 Å². The molecule has 2 aromatic rings. The lowest BCUT2D eigenvalue weighted by Crippen LogP contribution is -2.32. The van der Waals surface area contributed by atoms with E-state index in [9.17, 15) is 0 Å². The largest absolute Gasteiger partial charge is 0.348 e. The maximum Gasteiger partial charge on any atom is 0.173 e. The Bertz CT molecular complexity index is 678. The average Bonchev–Trinajstić information content (AvgIpc) is 3.06. The summed E-state index contributed by atoms with van der Waals surface area (Å²) < 4.78 is 0. The molecule has 1 saturated heterocycles. The summed E-state index contributed by atoms with van der Waals surface area (Å²) >= 11 is 5.64. The molecule has 0 aromatic heterocycles. The van der Waals surface area contributed by atoms with Gasteiger partial charge in [-0.15, -0.1) is 0 Å². The molecule has 2 nitrogen and oxygen atoms in total. The number of nitrogens with zero attached hydrogens (tertiary/aromatic N) is 1. The van der Waals surface area contributed by atoms with Crippen LogP contribution in [0, 0.1) is 6.92 Å². The van der Waals surface area contributed by atoms with Gasteiger partial charge in [0.25, 0.3) is 0 Å². The Kier molecular flexibility index (Phi) is 4.97. The molecular formula is C20H24N2S. The molecule has 0 radical (unpaired) electrons. The van der Waals surface area contributed by atoms with Crippen molar-refractivity contribution in [3.8, 4) is 0 Å². The van der Waals surface area contributed by atoms with Crippen molar-refractivity contribution in [2.24, 2.45) is 0 Å². The number of likely N-dealkylation sites (tertiary alicyclic amines) is 1. The Morgan fingerprint density at radius 2 is 1.91 bits per heavy atom. The zero-order chi connectivity index (χ0) is 16.2. The van der Waals surface area contributed by atoms with Crippen LogP contribution in [0.4, 0.5) is 5.69 Å². The maximum absolute atomic E-state index is 5.64. The van der Waals surface area contributed by atoms with Crippen LogP contribution in [0.2, 0.25) is 0 Å². The molecule has 120 valence electrons. The number of aryl methyl sites for hydroxylation is 2. The summed E-state index contributed by atoms with van der Waals surface area (Å²) in [7, 11) is 0. The first-order valence-corrected chi connectivity index (χ1v) is 8.78. The van der Waals surface area contributed by atoms with E-state index in [1.807, 2.05) is 0 Å². The van der Waals surface area contributed by atoms with Crippen molar-refractivity contribution in [2.75, 3.05) is 18.4 Å². The van der Waals surface area contributed by atoms with Crippen molar-refractivity contribution in [3.05, 3.63) is 65.2 Å². The molecular weight excluding hydrogens is 300 g/mol. The number of rotatable bonds is 3. The van der Waals surface area contributed by atoms with Gasteiger partial charge in [0.1, 0.15) is 0 Å². The minimum atomic E-state index is 0.580. The lowest BCUT2D eigenvalue weighted by molar-refractivity contribution is 0.518. The molecule has 3 heteroatoms. The van der Waals surface area contributed by atoms with E-state index in [0.29, 0.717) is 5.92 Å². The Hall–Kier alpha value is -1.87. The number of thiocarbonyl (C=S) groups is 1. The van der Waals surface area contributed by atoms with Gasteiger partial charge in [-0.3, -0.25) is 0 Å². The topological polar surface area (TPSA) is 15.3 Å². The van der Waals surface area contributed by atoms with Crippen LogP contribution < -0.4 is 5.32 Å². The van der Waals surface area contributed by atoms with Crippen LogP contribution in [0.3, 0.4) is 0 Å². The Morgan fingerprint density at radius 1 is 1.17 bits per heavy atom. The number of anilines is 1. The molecule has 2 aromatic carbocycles. The van der Waals surface area contributed by atoms with Crippen LogP contribution in [0.25, 0.3) is 0 Å². The van der Waals surface area contributed by atoms with Gasteiger partial charge < -0.3 is 10.2 Å². The lowest BCUT2D eigenvalue weighted by atomic mass is 9.98. The molecule has 0 unspecified atom stereocenters. The van der Waals surface area contributed by atoms with Crippen molar-refractivity contribution in [3.63, 3.8) is 0 Å². The fourth-order valence-electron chi connectivity index (χ4n) is 3.20. The average molecular weight is 324 g/mol. The van der Waals surface area contributed by atoms with E-state index >= 15 is 0 Å². The van der Waals surface area contributed by atoms with Crippen molar-refractivity contribution in [1.29, 1.82) is 0 Å². The third-order valence-corrected chi connectivity index (χ3v) is 5.02. The number of hydrogen-bond donors (Lipinski definition) is 1. The fourth-order valence-corrected chi connectivity index (χ4v) is 3.48. The summed E-state index contributed by atoms with van der Waals surface area (Å²) in [6, 6.07) is 17.3. The van der Waals surface area contributed by atoms with Crippen LogP contribution >= 0.6 is 12.2 Å². The maximum atomic E-state index is 5.64. The van der Waals surface area contributed by atoms with Crippen LogP contribution in [0.15, 0.2) is 48.5 Å². The Balaban J connectivity index is 1.64. The second kappa shape index (κ2) is 7.14. The monoisotopic (exact) mass is 324 g/mol. The van der Waals surface area contributed by atoms with Gasteiger partial charge in [0, 0.05) is 24.7 Å². The molecule has 0 amide bonds. The summed E-state index contributed by atoms with van der Waals surface area (Å²) in [4.78, 5) is 2.30. The van der Waals surface area contributed by atoms with Crippen LogP contribution in [0.1, 0.15) is 36.0 Å². The minimum Gasteiger partial charge on any atom is -0.348 e. The van der Waals surface area contributed by atoms with Gasteiger partial charge in [0.05, 0.1) is 0 Å². The van der Waals surface area contributed by atoms with Crippen molar-refractivity contribution in [1.82, 2.24) is 4.90 Å². The molecule has 1 aliphatic rings. The van der Waals surface area contributed by atoms with E-state index in [0.717, 1.165) is 30.3 Å². The fraction of sp³-hybridized carbons (Fsp3) is 0.350. The van der Waals surface area contributed by atoms with E-state index < -0.39 is 0 Å². The first-order chi connectivity index (χ1) is 11.2. The highest BCUT2D eigenvalue weighted by Crippen LogP contribution is 2.28. The molecule has 1 aliphatic heterocycles. The van der Waals surface area contributed by atoms with Gasteiger partial charge in [-0.25, -0.2) is 0 Å². The summed E-state index contributed by atoms with van der Waals surface area (Å²) in [6.07, 6.45) is 2.18. The molecule has 0 aliphatic carbocycles. The van der Waals surface area contributed by atoms with Crippen LogP contribution in [-0.4, -0.2) is 23.1 Å². The predicted octanol–water partition coefficient (Wildman–Crippen LogP) is 4.74. The van der Waals surface area contributed by atoms with Crippen LogP contribution in [0.5, 0.6) is 0 Å². The van der Waals surface area contributed by atoms with Gasteiger partial charge in [0.2, 0.25) is 0 Å². The van der Waals surface area contributed by atoms with E-state index in [-0.39, 0.29) is 0 Å². The van der Waals surface area contributed by atoms with Gasteiger partial charge in [-0.05, 0) is 49.2 Å². The molecule has 0 spiro atoms. The van der Waals surface area contributed by atoms with E-state index in [1.54, 1.807) is 0 Å². The van der Waals surface area contributed by atoms with Gasteiger partial charge >= 0.3 is 0 Å². The minimum absolute atomic E-state index is 0.580. The lowest BCUT2D eigenvalue weighted by Gasteiger charge is -2.22. The SMILES string of the molecule is CCc1ccccc1NC(=S)N1CC[C@H](c2ccc(C)cc2)C1. The Morgan fingerprint density at radius 3 is 2.65 bits per heavy atom. The predicted molar refractivity (Wildman–Crippen MR) is 102 cm³/mol. The number of nitrogens with one attached hydrogen (secondary N) is 1. The number of hydrogen-bond acceptors (Lipinski definition) is 1. The molecule has 23 heavy (non-hydrogen) atoms. The standard InChI is InChI=1S/C20H24N2S/c1-3-16-6-4-5-7-19(16)21-20(23)22-13-12-18(14-22)17-10-8-15(2)9-11-17/h4-11,18H,3,12-14H2,1-2H3,(H,21,23)/t18-/m0/s1. The number of para-hydroxylation sites is 1. The summed E-state index contributed by atoms with van der Waals surface area (Å²) in [5.74, 6) is 0.580. The van der Waals surface area contributed by atoms with E-state index in [4.69, 9.17) is 12.2 Å². The quantitative estimate of drug-likeness (QED) is 0.821. The molecule has 3 rings (SSSR count). The van der Waals surface area contributed by atoms with Gasteiger partial charge in [0.15, 0.2) is 5.11 Å². The third-order valence-electron chi connectivity index (χ3n) is 4.66. The molecule has 0 saturated carbocycles. The zero-order valence-electron chi connectivity index (χ0n) is 13.9. The zero-order valence-corrected chi connectivity index (χ0v) is 14.7. The first kappa shape index (κ1) is 16.0. The summed E-state index contributed by atoms with van der Waals surface area (Å²) in [6.45, 7) is 6.34. The second-order valence-electron chi connectivity index (χ2n) is 6.28. The molecule has 0 bridgehead atoms. The van der Waals surface area contributed by atoms with Crippen molar-refractivity contribution in [2.45, 2.75) is 32.6 Å². The smallest absolute Gasteiger partial charge is 0.173 e. The van der Waals surface area contributed by atoms with Crippen molar-refractivity contribution >= 4 is 23.0 Å². The van der Waals surface area contributed by atoms with E-state index in [1.165, 1.54) is 23.1 Å². The molecule has 1 fully saturated rings.